The first-order valence-electron chi connectivity index (χ1n) is 5.69. The number of amidine groups is 1. The van der Waals surface area contributed by atoms with Crippen molar-refractivity contribution in [3.8, 4) is 0 Å². The van der Waals surface area contributed by atoms with E-state index in [-0.39, 0.29) is 0 Å². The normalized spacial score (nSPS) is 21.1. The fourth-order valence-electron chi connectivity index (χ4n) is 1.78. The quantitative estimate of drug-likeness (QED) is 0.570. The molecule has 4 nitrogen and oxygen atoms in total. The molecule has 1 N–H and O–H groups in total. The van der Waals surface area contributed by atoms with E-state index in [1.165, 1.54) is 0 Å². The minimum absolute atomic E-state index is 0.438. The molecule has 0 radical (unpaired) electrons. The predicted octanol–water partition coefficient (Wildman–Crippen LogP) is 1.50. The van der Waals surface area contributed by atoms with Crippen LogP contribution in [0.1, 0.15) is 27.2 Å². The highest BCUT2D eigenvalue weighted by molar-refractivity contribution is 5.87. The van der Waals surface area contributed by atoms with Gasteiger partial charge in [0.05, 0.1) is 13.2 Å². The van der Waals surface area contributed by atoms with Gasteiger partial charge in [-0.15, -0.1) is 0 Å². The molecule has 1 unspecified atom stereocenters. The Morgan fingerprint density at radius 2 is 2.00 bits per heavy atom. The Morgan fingerprint density at radius 1 is 1.40 bits per heavy atom. The maximum Gasteiger partial charge on any atom is 0.129 e. The summed E-state index contributed by atoms with van der Waals surface area (Å²) in [7, 11) is 0. The Bertz CT molecular complexity index is 215. The number of nitrogens with one attached hydrogen (secondary N) is 1. The van der Waals surface area contributed by atoms with Crippen LogP contribution in [0, 0.1) is 5.41 Å². The summed E-state index contributed by atoms with van der Waals surface area (Å²) in [5.41, 5.74) is -0.438. The van der Waals surface area contributed by atoms with Gasteiger partial charge in [-0.2, -0.15) is 0 Å². The highest BCUT2D eigenvalue weighted by atomic mass is 16.5. The van der Waals surface area contributed by atoms with Gasteiger partial charge in [0.2, 0.25) is 0 Å². The summed E-state index contributed by atoms with van der Waals surface area (Å²) < 4.78 is 11.0. The van der Waals surface area contributed by atoms with Crippen LogP contribution in [0.4, 0.5) is 0 Å². The fourth-order valence-corrected chi connectivity index (χ4v) is 1.78. The maximum absolute atomic E-state index is 8.19. The topological polar surface area (TPSA) is 45.5 Å². The molecule has 1 atom stereocenters. The Kier molecular flexibility index (Phi) is 4.54. The average Bonchev–Trinajstić information content (AvgIpc) is 2.29. The number of hydrogen-bond acceptors (Lipinski definition) is 3. The maximum atomic E-state index is 8.19. The van der Waals surface area contributed by atoms with Crippen molar-refractivity contribution in [2.24, 2.45) is 0 Å². The van der Waals surface area contributed by atoms with E-state index in [4.69, 9.17) is 14.9 Å². The fraction of sp³-hybridized carbons (Fsp3) is 0.909. The first-order valence-corrected chi connectivity index (χ1v) is 5.69. The van der Waals surface area contributed by atoms with E-state index >= 15 is 0 Å². The van der Waals surface area contributed by atoms with Crippen molar-refractivity contribution in [1.82, 2.24) is 4.90 Å². The average molecular weight is 214 g/mol. The zero-order valence-corrected chi connectivity index (χ0v) is 10.0. The summed E-state index contributed by atoms with van der Waals surface area (Å²) >= 11 is 0. The monoisotopic (exact) mass is 214 g/mol. The summed E-state index contributed by atoms with van der Waals surface area (Å²) in [6.45, 7) is 9.72. The van der Waals surface area contributed by atoms with Crippen LogP contribution in [0.15, 0.2) is 0 Å². The summed E-state index contributed by atoms with van der Waals surface area (Å²) in [6, 6.07) is 0. The first-order chi connectivity index (χ1) is 7.14. The van der Waals surface area contributed by atoms with Gasteiger partial charge >= 0.3 is 0 Å². The van der Waals surface area contributed by atoms with Gasteiger partial charge in [0.25, 0.3) is 0 Å². The second-order valence-electron chi connectivity index (χ2n) is 3.97. The molecule has 0 bridgehead atoms. The molecule has 0 spiro atoms. The highest BCUT2D eigenvalue weighted by Gasteiger charge is 2.32. The molecule has 4 heteroatoms. The largest absolute Gasteiger partial charge is 0.378 e. The van der Waals surface area contributed by atoms with Gasteiger partial charge in [-0.05, 0) is 20.3 Å². The molecule has 1 rings (SSSR count). The zero-order chi connectivity index (χ0) is 11.3. The Hall–Kier alpha value is -0.610. The zero-order valence-electron chi connectivity index (χ0n) is 10.0. The van der Waals surface area contributed by atoms with E-state index in [1.807, 2.05) is 13.8 Å². The summed E-state index contributed by atoms with van der Waals surface area (Å²) in [5.74, 6) is 0.593. The van der Waals surface area contributed by atoms with E-state index in [0.717, 1.165) is 19.5 Å². The van der Waals surface area contributed by atoms with Gasteiger partial charge in [0, 0.05) is 19.7 Å². The first kappa shape index (κ1) is 12.5. The van der Waals surface area contributed by atoms with Crippen molar-refractivity contribution in [3.05, 3.63) is 0 Å². The molecular weight excluding hydrogens is 192 g/mol. The van der Waals surface area contributed by atoms with Crippen molar-refractivity contribution in [2.45, 2.75) is 32.8 Å². The van der Waals surface area contributed by atoms with Crippen LogP contribution in [-0.4, -0.2) is 49.2 Å². The number of rotatable bonds is 4. The molecule has 0 aromatic rings. The van der Waals surface area contributed by atoms with Gasteiger partial charge in [-0.3, -0.25) is 5.41 Å². The molecule has 0 aliphatic carbocycles. The molecule has 1 aliphatic rings. The number of morpholine rings is 1. The SMILES string of the molecule is CCOC(C)(CC)C(=N)N1CCOCC1. The second-order valence-corrected chi connectivity index (χ2v) is 3.97. The lowest BCUT2D eigenvalue weighted by atomic mass is 10.0. The summed E-state index contributed by atoms with van der Waals surface area (Å²) in [5, 5.41) is 8.19. The van der Waals surface area contributed by atoms with E-state index < -0.39 is 5.60 Å². The molecule has 88 valence electrons. The van der Waals surface area contributed by atoms with Crippen molar-refractivity contribution in [1.29, 1.82) is 5.41 Å². The molecule has 0 saturated carbocycles. The Labute approximate surface area is 92.1 Å². The molecule has 15 heavy (non-hydrogen) atoms. The lowest BCUT2D eigenvalue weighted by Crippen LogP contribution is -2.51. The third kappa shape index (κ3) is 2.92. The molecule has 1 aliphatic heterocycles. The van der Waals surface area contributed by atoms with Crippen LogP contribution in [0.2, 0.25) is 0 Å². The molecule has 0 aromatic carbocycles. The number of ether oxygens (including phenoxy) is 2. The standard InChI is InChI=1S/C11H22N2O2/c1-4-11(3,15-5-2)10(12)13-6-8-14-9-7-13/h12H,4-9H2,1-3H3. The summed E-state index contributed by atoms with van der Waals surface area (Å²) in [4.78, 5) is 2.06. The highest BCUT2D eigenvalue weighted by Crippen LogP contribution is 2.19. The van der Waals surface area contributed by atoms with Crippen LogP contribution < -0.4 is 0 Å². The predicted molar refractivity (Wildman–Crippen MR) is 60.4 cm³/mol. The number of nitrogens with zero attached hydrogens (tertiary/aromatic N) is 1. The summed E-state index contributed by atoms with van der Waals surface area (Å²) in [6.07, 6.45) is 0.830. The number of hydrogen-bond donors (Lipinski definition) is 1. The Balaban J connectivity index is 2.62. The van der Waals surface area contributed by atoms with Crippen LogP contribution in [0.25, 0.3) is 0 Å². The third-order valence-corrected chi connectivity index (χ3v) is 2.97. The van der Waals surface area contributed by atoms with E-state index in [2.05, 4.69) is 11.8 Å². The van der Waals surface area contributed by atoms with Crippen LogP contribution in [0.3, 0.4) is 0 Å². The molecule has 1 saturated heterocycles. The molecular formula is C11H22N2O2. The Morgan fingerprint density at radius 3 is 2.47 bits per heavy atom. The van der Waals surface area contributed by atoms with Crippen molar-refractivity contribution in [3.63, 3.8) is 0 Å². The van der Waals surface area contributed by atoms with E-state index in [1.54, 1.807) is 0 Å². The lowest BCUT2D eigenvalue weighted by molar-refractivity contribution is 0.00514. The van der Waals surface area contributed by atoms with E-state index in [9.17, 15) is 0 Å². The minimum atomic E-state index is -0.438. The van der Waals surface area contributed by atoms with Gasteiger partial charge in [0.1, 0.15) is 11.4 Å². The molecule has 0 amide bonds. The smallest absolute Gasteiger partial charge is 0.129 e. The van der Waals surface area contributed by atoms with Gasteiger partial charge in [0.15, 0.2) is 0 Å². The van der Waals surface area contributed by atoms with Crippen molar-refractivity contribution < 1.29 is 9.47 Å². The molecule has 0 aromatic heterocycles. The van der Waals surface area contributed by atoms with Crippen molar-refractivity contribution >= 4 is 5.84 Å². The van der Waals surface area contributed by atoms with E-state index in [0.29, 0.717) is 25.7 Å². The lowest BCUT2D eigenvalue weighted by Gasteiger charge is -2.38. The van der Waals surface area contributed by atoms with Crippen molar-refractivity contribution in [2.75, 3.05) is 32.9 Å². The molecule has 1 fully saturated rings. The molecule has 1 heterocycles. The van der Waals surface area contributed by atoms with Gasteiger partial charge < -0.3 is 14.4 Å². The van der Waals surface area contributed by atoms with Crippen LogP contribution in [-0.2, 0) is 9.47 Å². The van der Waals surface area contributed by atoms with Gasteiger partial charge in [-0.25, -0.2) is 0 Å². The second kappa shape index (κ2) is 5.47. The minimum Gasteiger partial charge on any atom is -0.378 e. The van der Waals surface area contributed by atoms with Crippen LogP contribution in [0.5, 0.6) is 0 Å². The third-order valence-electron chi connectivity index (χ3n) is 2.97. The van der Waals surface area contributed by atoms with Gasteiger partial charge in [-0.1, -0.05) is 6.92 Å². The van der Waals surface area contributed by atoms with Crippen LogP contribution >= 0.6 is 0 Å².